The van der Waals surface area contributed by atoms with E-state index < -0.39 is 24.3 Å². The van der Waals surface area contributed by atoms with Gasteiger partial charge in [0, 0.05) is 18.8 Å². The Bertz CT molecular complexity index is 1170. The van der Waals surface area contributed by atoms with Crippen LogP contribution in [0.1, 0.15) is 26.3 Å². The third-order valence-electron chi connectivity index (χ3n) is 5.29. The van der Waals surface area contributed by atoms with Crippen LogP contribution in [0.15, 0.2) is 54.9 Å². The SMILES string of the molecule is COc1ccc(OC)c(CN(C(=O)CN2C(=O)c3ccccc3C2=O)c2cnn(C)c2)c1. The smallest absolute Gasteiger partial charge is 0.262 e. The lowest BCUT2D eigenvalue weighted by molar-refractivity contribution is -0.119. The number of amides is 3. The summed E-state index contributed by atoms with van der Waals surface area (Å²) in [4.78, 5) is 41.3. The molecular formula is C23H22N4O5. The number of imide groups is 1. The highest BCUT2D eigenvalue weighted by Crippen LogP contribution is 2.28. The van der Waals surface area contributed by atoms with Crippen molar-refractivity contribution in [3.63, 3.8) is 0 Å². The summed E-state index contributed by atoms with van der Waals surface area (Å²) in [5, 5.41) is 4.15. The van der Waals surface area contributed by atoms with Crippen molar-refractivity contribution < 1.29 is 23.9 Å². The van der Waals surface area contributed by atoms with Gasteiger partial charge in [0.2, 0.25) is 5.91 Å². The van der Waals surface area contributed by atoms with E-state index in [-0.39, 0.29) is 6.54 Å². The Morgan fingerprint density at radius 3 is 2.28 bits per heavy atom. The highest BCUT2D eigenvalue weighted by molar-refractivity contribution is 6.22. The molecule has 9 nitrogen and oxygen atoms in total. The van der Waals surface area contributed by atoms with E-state index in [1.54, 1.807) is 80.8 Å². The summed E-state index contributed by atoms with van der Waals surface area (Å²) in [6.45, 7) is -0.262. The Balaban J connectivity index is 1.64. The number of aryl methyl sites for hydroxylation is 1. The molecule has 0 bridgehead atoms. The average Bonchev–Trinajstić information content (AvgIpc) is 3.34. The first-order valence-electron chi connectivity index (χ1n) is 9.88. The lowest BCUT2D eigenvalue weighted by Crippen LogP contribution is -2.42. The first-order valence-corrected chi connectivity index (χ1v) is 9.88. The molecule has 1 aliphatic rings. The van der Waals surface area contributed by atoms with Crippen molar-refractivity contribution in [3.05, 3.63) is 71.5 Å². The second-order valence-electron chi connectivity index (χ2n) is 7.27. The van der Waals surface area contributed by atoms with Crippen LogP contribution in [-0.4, -0.2) is 53.2 Å². The van der Waals surface area contributed by atoms with Gasteiger partial charge >= 0.3 is 0 Å². The fourth-order valence-electron chi connectivity index (χ4n) is 3.65. The van der Waals surface area contributed by atoms with E-state index in [1.807, 2.05) is 0 Å². The number of ether oxygens (including phenoxy) is 2. The molecule has 3 aromatic rings. The highest BCUT2D eigenvalue weighted by Gasteiger charge is 2.37. The molecule has 0 N–H and O–H groups in total. The Hall–Kier alpha value is -4.14. The summed E-state index contributed by atoms with van der Waals surface area (Å²) in [6.07, 6.45) is 3.24. The third-order valence-corrected chi connectivity index (χ3v) is 5.29. The van der Waals surface area contributed by atoms with Crippen molar-refractivity contribution in [1.82, 2.24) is 14.7 Å². The predicted molar refractivity (Wildman–Crippen MR) is 116 cm³/mol. The van der Waals surface area contributed by atoms with Gasteiger partial charge < -0.3 is 14.4 Å². The van der Waals surface area contributed by atoms with Crippen LogP contribution in [0, 0.1) is 0 Å². The number of hydrogen-bond acceptors (Lipinski definition) is 6. The number of hydrogen-bond donors (Lipinski definition) is 0. The molecule has 32 heavy (non-hydrogen) atoms. The van der Waals surface area contributed by atoms with Crippen molar-refractivity contribution >= 4 is 23.4 Å². The number of fused-ring (bicyclic) bond motifs is 1. The van der Waals surface area contributed by atoms with E-state index in [0.29, 0.717) is 33.9 Å². The summed E-state index contributed by atoms with van der Waals surface area (Å²) in [6, 6.07) is 11.8. The van der Waals surface area contributed by atoms with Crippen LogP contribution in [0.4, 0.5) is 5.69 Å². The molecule has 0 unspecified atom stereocenters. The van der Waals surface area contributed by atoms with Gasteiger partial charge in [0.15, 0.2) is 0 Å². The molecule has 9 heteroatoms. The van der Waals surface area contributed by atoms with Crippen LogP contribution >= 0.6 is 0 Å². The minimum atomic E-state index is -0.482. The number of carbonyl (C=O) groups excluding carboxylic acids is 3. The molecule has 0 saturated carbocycles. The fraction of sp³-hybridized carbons (Fsp3) is 0.217. The van der Waals surface area contributed by atoms with Crippen molar-refractivity contribution in [2.24, 2.45) is 7.05 Å². The summed E-state index contributed by atoms with van der Waals surface area (Å²) >= 11 is 0. The molecule has 1 aliphatic heterocycles. The number of rotatable bonds is 7. The van der Waals surface area contributed by atoms with E-state index in [2.05, 4.69) is 5.10 Å². The molecule has 164 valence electrons. The maximum absolute atomic E-state index is 13.4. The van der Waals surface area contributed by atoms with Crippen LogP contribution in [0.5, 0.6) is 11.5 Å². The maximum Gasteiger partial charge on any atom is 0.262 e. The molecule has 0 spiro atoms. The van der Waals surface area contributed by atoms with E-state index in [4.69, 9.17) is 9.47 Å². The molecular weight excluding hydrogens is 412 g/mol. The third kappa shape index (κ3) is 3.80. The monoisotopic (exact) mass is 434 g/mol. The molecule has 2 aromatic carbocycles. The first-order chi connectivity index (χ1) is 15.4. The van der Waals surface area contributed by atoms with Crippen LogP contribution < -0.4 is 14.4 Å². The van der Waals surface area contributed by atoms with Gasteiger partial charge in [-0.2, -0.15) is 5.10 Å². The van der Waals surface area contributed by atoms with Gasteiger partial charge in [-0.15, -0.1) is 0 Å². The van der Waals surface area contributed by atoms with Crippen molar-refractivity contribution in [2.75, 3.05) is 25.7 Å². The van der Waals surface area contributed by atoms with E-state index in [0.717, 1.165) is 4.90 Å². The molecule has 0 fully saturated rings. The Labute approximate surface area is 184 Å². The summed E-state index contributed by atoms with van der Waals surface area (Å²) in [5.41, 5.74) is 1.82. The zero-order valence-corrected chi connectivity index (χ0v) is 17.9. The lowest BCUT2D eigenvalue weighted by atomic mass is 10.1. The van der Waals surface area contributed by atoms with Crippen molar-refractivity contribution in [2.45, 2.75) is 6.54 Å². The van der Waals surface area contributed by atoms with Gasteiger partial charge in [-0.25, -0.2) is 0 Å². The second-order valence-corrected chi connectivity index (χ2v) is 7.27. The van der Waals surface area contributed by atoms with Crippen LogP contribution in [-0.2, 0) is 18.4 Å². The van der Waals surface area contributed by atoms with E-state index in [1.165, 1.54) is 4.90 Å². The lowest BCUT2D eigenvalue weighted by Gasteiger charge is -2.24. The Morgan fingerprint density at radius 1 is 1.03 bits per heavy atom. The van der Waals surface area contributed by atoms with Gasteiger partial charge in [-0.3, -0.25) is 24.0 Å². The molecule has 0 radical (unpaired) electrons. The van der Waals surface area contributed by atoms with Crippen LogP contribution in [0.25, 0.3) is 0 Å². The molecule has 0 atom stereocenters. The highest BCUT2D eigenvalue weighted by atomic mass is 16.5. The minimum Gasteiger partial charge on any atom is -0.497 e. The van der Waals surface area contributed by atoms with Crippen molar-refractivity contribution in [3.8, 4) is 11.5 Å². The first kappa shape index (κ1) is 21.1. The summed E-state index contributed by atoms with van der Waals surface area (Å²) < 4.78 is 12.3. The largest absolute Gasteiger partial charge is 0.497 e. The number of anilines is 1. The van der Waals surface area contributed by atoms with Gasteiger partial charge in [0.1, 0.15) is 18.0 Å². The predicted octanol–water partition coefficient (Wildman–Crippen LogP) is 2.27. The summed E-state index contributed by atoms with van der Waals surface area (Å²) in [5.74, 6) is -0.210. The number of aromatic nitrogens is 2. The average molecular weight is 434 g/mol. The minimum absolute atomic E-state index is 0.133. The number of methoxy groups -OCH3 is 2. The quantitative estimate of drug-likeness (QED) is 0.530. The Kier molecular flexibility index (Phi) is 5.63. The van der Waals surface area contributed by atoms with Crippen LogP contribution in [0.2, 0.25) is 0 Å². The normalized spacial score (nSPS) is 12.7. The Morgan fingerprint density at radius 2 is 1.72 bits per heavy atom. The number of nitrogens with zero attached hydrogens (tertiary/aromatic N) is 4. The molecule has 0 saturated heterocycles. The van der Waals surface area contributed by atoms with Gasteiger partial charge in [0.05, 0.1) is 43.8 Å². The molecule has 3 amide bonds. The van der Waals surface area contributed by atoms with Gasteiger partial charge in [-0.1, -0.05) is 12.1 Å². The second kappa shape index (κ2) is 8.54. The van der Waals surface area contributed by atoms with Gasteiger partial charge in [0.25, 0.3) is 11.8 Å². The number of benzene rings is 2. The standard InChI is InChI=1S/C23H22N4O5/c1-25-13-16(11-24-25)26(12-15-10-17(31-2)8-9-20(15)32-3)21(28)14-27-22(29)18-6-4-5-7-19(18)23(27)30/h4-11,13H,12,14H2,1-3H3. The maximum atomic E-state index is 13.4. The molecule has 1 aromatic heterocycles. The molecule has 4 rings (SSSR count). The van der Waals surface area contributed by atoms with Crippen molar-refractivity contribution in [1.29, 1.82) is 0 Å². The molecule has 0 aliphatic carbocycles. The van der Waals surface area contributed by atoms with Crippen LogP contribution in [0.3, 0.4) is 0 Å². The van der Waals surface area contributed by atoms with E-state index >= 15 is 0 Å². The summed E-state index contributed by atoms with van der Waals surface area (Å²) in [7, 11) is 4.83. The topological polar surface area (TPSA) is 94.0 Å². The zero-order chi connectivity index (χ0) is 22.8. The molecule has 2 heterocycles. The van der Waals surface area contributed by atoms with Gasteiger partial charge in [-0.05, 0) is 30.3 Å². The fourth-order valence-corrected chi connectivity index (χ4v) is 3.65. The van der Waals surface area contributed by atoms with E-state index in [9.17, 15) is 14.4 Å². The zero-order valence-electron chi connectivity index (χ0n) is 17.9. The number of carbonyl (C=O) groups is 3.